The Morgan fingerprint density at radius 3 is 2.66 bits per heavy atom. The minimum Gasteiger partial charge on any atom is -0.394 e. The fourth-order valence-electron chi connectivity index (χ4n) is 4.34. The van der Waals surface area contributed by atoms with E-state index >= 15 is 0 Å². The predicted octanol–water partition coefficient (Wildman–Crippen LogP) is 5.20. The third-order valence-electron chi connectivity index (χ3n) is 6.79. The van der Waals surface area contributed by atoms with Gasteiger partial charge in [-0.05, 0) is 48.1 Å². The Hall–Kier alpha value is -3.58. The molecule has 8 nitrogen and oxygen atoms in total. The van der Waals surface area contributed by atoms with Gasteiger partial charge in [-0.25, -0.2) is 4.39 Å². The SMILES string of the molecule is [2H]C(Nc1cc(Cl)c2ncc(C#N)c(N[C@H](CO)C(C)(C)C)c2c1)(C1=CN(C2CC2)NN1)c1ccc(F)cc1. The average Bonchev–Trinajstić information content (AvgIpc) is 3.62. The van der Waals surface area contributed by atoms with Crippen LogP contribution in [0.25, 0.3) is 10.9 Å². The lowest BCUT2D eigenvalue weighted by Crippen LogP contribution is -2.38. The maximum atomic E-state index is 13.8. The summed E-state index contributed by atoms with van der Waals surface area (Å²) in [5.41, 5.74) is 8.70. The number of rotatable bonds is 8. The van der Waals surface area contributed by atoms with Crippen molar-refractivity contribution in [1.29, 1.82) is 5.26 Å². The van der Waals surface area contributed by atoms with Crippen molar-refractivity contribution in [3.05, 3.63) is 76.5 Å². The van der Waals surface area contributed by atoms with Crippen LogP contribution in [0.15, 0.2) is 54.5 Å². The molecule has 3 aromatic rings. The molecule has 1 fully saturated rings. The third kappa shape index (κ3) is 5.34. The number of aromatic nitrogens is 1. The number of hydrogen-bond acceptors (Lipinski definition) is 8. The van der Waals surface area contributed by atoms with E-state index in [9.17, 15) is 16.1 Å². The topological polar surface area (TPSA) is 108 Å². The van der Waals surface area contributed by atoms with E-state index in [1.165, 1.54) is 18.3 Å². The van der Waals surface area contributed by atoms with Gasteiger partial charge in [-0.2, -0.15) is 5.26 Å². The minimum atomic E-state index is -1.55. The highest BCUT2D eigenvalue weighted by atomic mass is 35.5. The summed E-state index contributed by atoms with van der Waals surface area (Å²) in [5, 5.41) is 29.4. The first-order valence-electron chi connectivity index (χ1n) is 13.0. The van der Waals surface area contributed by atoms with Gasteiger partial charge in [-0.1, -0.05) is 44.5 Å². The Labute approximate surface area is 227 Å². The fourth-order valence-corrected chi connectivity index (χ4v) is 4.61. The van der Waals surface area contributed by atoms with E-state index in [0.717, 1.165) is 12.8 Å². The van der Waals surface area contributed by atoms with E-state index < -0.39 is 11.8 Å². The number of nitrogens with zero attached hydrogens (tertiary/aromatic N) is 3. The van der Waals surface area contributed by atoms with E-state index in [0.29, 0.717) is 50.2 Å². The zero-order chi connectivity index (χ0) is 27.9. The number of nitriles is 1. The van der Waals surface area contributed by atoms with Crippen molar-refractivity contribution in [1.82, 2.24) is 21.0 Å². The quantitative estimate of drug-likeness (QED) is 0.267. The van der Waals surface area contributed by atoms with Crippen molar-refractivity contribution in [2.24, 2.45) is 5.41 Å². The molecule has 2 heterocycles. The molecule has 2 aliphatic rings. The highest BCUT2D eigenvalue weighted by Gasteiger charge is 2.32. The van der Waals surface area contributed by atoms with Crippen molar-refractivity contribution in [2.75, 3.05) is 17.2 Å². The number of halogens is 2. The predicted molar refractivity (Wildman–Crippen MR) is 147 cm³/mol. The zero-order valence-corrected chi connectivity index (χ0v) is 22.2. The first-order valence-corrected chi connectivity index (χ1v) is 12.9. The number of fused-ring (bicyclic) bond motifs is 1. The molecular weight excluding hydrogens is 505 g/mol. The third-order valence-corrected chi connectivity index (χ3v) is 7.08. The van der Waals surface area contributed by atoms with Crippen LogP contribution >= 0.6 is 11.6 Å². The van der Waals surface area contributed by atoms with Crippen LogP contribution < -0.4 is 21.6 Å². The van der Waals surface area contributed by atoms with E-state index in [2.05, 4.69) is 32.6 Å². The number of hydrogen-bond donors (Lipinski definition) is 5. The second-order valence-electron chi connectivity index (χ2n) is 10.7. The monoisotopic (exact) mass is 536 g/mol. The number of benzene rings is 2. The Bertz CT molecular complexity index is 1470. The van der Waals surface area contributed by atoms with Crippen LogP contribution in [-0.4, -0.2) is 33.8 Å². The number of aliphatic hydroxyl groups excluding tert-OH is 1. The highest BCUT2D eigenvalue weighted by molar-refractivity contribution is 6.35. The molecule has 1 aliphatic heterocycles. The molecule has 198 valence electrons. The fraction of sp³-hybridized carbons (Fsp3) is 0.357. The maximum absolute atomic E-state index is 13.8. The normalized spacial score (nSPS) is 18.2. The Morgan fingerprint density at radius 2 is 2.03 bits per heavy atom. The molecule has 0 bridgehead atoms. The Morgan fingerprint density at radius 1 is 1.29 bits per heavy atom. The summed E-state index contributed by atoms with van der Waals surface area (Å²) in [6, 6.07) is 9.86. The van der Waals surface area contributed by atoms with Gasteiger partial charge in [0.05, 0.1) is 47.5 Å². The van der Waals surface area contributed by atoms with Gasteiger partial charge in [0, 0.05) is 29.5 Å². The molecule has 1 aliphatic carbocycles. The summed E-state index contributed by atoms with van der Waals surface area (Å²) in [6.07, 6.45) is 5.42. The van der Waals surface area contributed by atoms with Gasteiger partial charge in [0.25, 0.3) is 0 Å². The van der Waals surface area contributed by atoms with Gasteiger partial charge >= 0.3 is 0 Å². The van der Waals surface area contributed by atoms with E-state index in [1.54, 1.807) is 24.3 Å². The second-order valence-corrected chi connectivity index (χ2v) is 11.1. The Kier molecular flexibility index (Phi) is 6.70. The smallest absolute Gasteiger partial charge is 0.123 e. The van der Waals surface area contributed by atoms with Gasteiger partial charge in [0.2, 0.25) is 0 Å². The van der Waals surface area contributed by atoms with E-state index in [4.69, 9.17) is 11.6 Å². The molecule has 2 atom stereocenters. The van der Waals surface area contributed by atoms with E-state index in [-0.39, 0.29) is 18.1 Å². The van der Waals surface area contributed by atoms with Crippen LogP contribution in [0.3, 0.4) is 0 Å². The van der Waals surface area contributed by atoms with Crippen LogP contribution in [0.5, 0.6) is 0 Å². The molecule has 5 N–H and O–H groups in total. The molecule has 2 aromatic carbocycles. The lowest BCUT2D eigenvalue weighted by molar-refractivity contribution is 0.202. The molecule has 10 heteroatoms. The molecule has 0 amide bonds. The van der Waals surface area contributed by atoms with Crippen LogP contribution in [0.2, 0.25) is 5.02 Å². The molecule has 1 aromatic heterocycles. The van der Waals surface area contributed by atoms with Crippen LogP contribution in [0.4, 0.5) is 15.8 Å². The minimum absolute atomic E-state index is 0.144. The van der Waals surface area contributed by atoms with Crippen LogP contribution in [-0.2, 0) is 0 Å². The van der Waals surface area contributed by atoms with Crippen molar-refractivity contribution in [2.45, 2.75) is 51.7 Å². The van der Waals surface area contributed by atoms with E-state index in [1.807, 2.05) is 32.0 Å². The van der Waals surface area contributed by atoms with Gasteiger partial charge < -0.3 is 21.2 Å². The summed E-state index contributed by atoms with van der Waals surface area (Å²) in [4.78, 5) is 4.41. The number of aliphatic hydroxyl groups is 1. The maximum Gasteiger partial charge on any atom is 0.123 e. The van der Waals surface area contributed by atoms with Crippen molar-refractivity contribution in [3.8, 4) is 6.07 Å². The Balaban J connectivity index is 1.61. The van der Waals surface area contributed by atoms with Gasteiger partial charge in [0.15, 0.2) is 0 Å². The standard InChI is InChI=1S/C28H31ClFN7O/c1-28(2,3)24(15-38)34-25-17(12-31)13-32-27-21(25)10-19(11-22(27)29)33-26(16-4-6-18(30)7-5-16)23-14-37(36-35-23)20-8-9-20/h4-7,10-11,13-14,20,24,26,33,35-36,38H,8-9,15H2,1-3H3,(H,32,34)/t24-,26?/m1/s1/i26D. The van der Waals surface area contributed by atoms with Crippen LogP contribution in [0.1, 0.15) is 52.1 Å². The number of nitrogens with one attached hydrogen (secondary N) is 4. The molecule has 1 unspecified atom stereocenters. The summed E-state index contributed by atoms with van der Waals surface area (Å²) in [7, 11) is 0. The number of anilines is 2. The van der Waals surface area contributed by atoms with Crippen molar-refractivity contribution in [3.63, 3.8) is 0 Å². The van der Waals surface area contributed by atoms with Gasteiger partial charge in [0.1, 0.15) is 11.9 Å². The molecule has 38 heavy (non-hydrogen) atoms. The second kappa shape index (κ2) is 10.3. The first kappa shape index (κ1) is 24.7. The lowest BCUT2D eigenvalue weighted by Gasteiger charge is -2.31. The molecule has 5 rings (SSSR count). The molecule has 0 radical (unpaired) electrons. The van der Waals surface area contributed by atoms with Crippen molar-refractivity contribution >= 4 is 33.9 Å². The molecule has 1 saturated carbocycles. The largest absolute Gasteiger partial charge is 0.394 e. The molecular formula is C28H31ClFN7O. The lowest BCUT2D eigenvalue weighted by atomic mass is 9.87. The summed E-state index contributed by atoms with van der Waals surface area (Å²) in [5.74, 6) is -0.399. The average molecular weight is 537 g/mol. The van der Waals surface area contributed by atoms with Crippen molar-refractivity contribution < 1.29 is 10.9 Å². The summed E-state index contributed by atoms with van der Waals surface area (Å²) >= 11 is 6.69. The van der Waals surface area contributed by atoms with Gasteiger partial charge in [-0.3, -0.25) is 9.99 Å². The highest BCUT2D eigenvalue weighted by Crippen LogP contribution is 2.37. The van der Waals surface area contributed by atoms with Gasteiger partial charge in [-0.15, -0.1) is 5.53 Å². The number of pyridine rings is 1. The summed E-state index contributed by atoms with van der Waals surface area (Å²) < 4.78 is 23.4. The summed E-state index contributed by atoms with van der Waals surface area (Å²) in [6.45, 7) is 5.84. The number of hydrazine groups is 2. The molecule has 0 spiro atoms. The first-order chi connectivity index (χ1) is 18.5. The zero-order valence-electron chi connectivity index (χ0n) is 22.4. The molecule has 0 saturated heterocycles. The van der Waals surface area contributed by atoms with Crippen LogP contribution in [0, 0.1) is 22.6 Å².